The number of hydrogen-bond acceptors (Lipinski definition) is 8. The van der Waals surface area contributed by atoms with Crippen molar-refractivity contribution in [2.45, 2.75) is 23.0 Å². The maximum Gasteiger partial charge on any atom is 0.294 e. The van der Waals surface area contributed by atoms with Crippen LogP contribution in [0.15, 0.2) is 52.8 Å². The number of ether oxygens (including phenoxy) is 4. The first kappa shape index (κ1) is 22.5. The summed E-state index contributed by atoms with van der Waals surface area (Å²) in [6.07, 6.45) is 2.46. The number of aromatic nitrogens is 4. The Bertz CT molecular complexity index is 1280. The van der Waals surface area contributed by atoms with Crippen molar-refractivity contribution < 1.29 is 23.5 Å². The van der Waals surface area contributed by atoms with Crippen LogP contribution >= 0.6 is 11.8 Å². The smallest absolute Gasteiger partial charge is 0.294 e. The molecule has 2 aromatic heterocycles. The van der Waals surface area contributed by atoms with Crippen LogP contribution in [0.4, 0.5) is 5.82 Å². The second kappa shape index (κ2) is 9.86. The van der Waals surface area contributed by atoms with E-state index < -0.39 is 0 Å². The quantitative estimate of drug-likeness (QED) is 0.361. The first-order valence-electron chi connectivity index (χ1n) is 10.2. The molecule has 2 heterocycles. The Morgan fingerprint density at radius 2 is 1.70 bits per heavy atom. The number of rotatable bonds is 9. The Morgan fingerprint density at radius 3 is 2.42 bits per heavy atom. The van der Waals surface area contributed by atoms with Gasteiger partial charge in [0.1, 0.15) is 11.5 Å². The largest absolute Gasteiger partial charge is 0.497 e. The summed E-state index contributed by atoms with van der Waals surface area (Å²) in [6, 6.07) is 11.5. The summed E-state index contributed by atoms with van der Waals surface area (Å²) in [4.78, 5) is 13.3. The molecule has 4 rings (SSSR count). The standard InChI is InChI=1S/C23H25N5O4S/c1-29-15-6-8-17(31-3)19(12-15)33-23-26-20-21(24)25-13-28(22(20)27-23)10-9-14-5-7-16(30-2)18(11-14)32-4/h5-8,11-13H,9-10H2,1-4H3,(H2,24,26,27)/p+1. The van der Waals surface area contributed by atoms with Gasteiger partial charge in [0, 0.05) is 6.42 Å². The van der Waals surface area contributed by atoms with Gasteiger partial charge in [0.25, 0.3) is 5.65 Å². The highest BCUT2D eigenvalue weighted by Crippen LogP contribution is 2.37. The van der Waals surface area contributed by atoms with E-state index in [9.17, 15) is 0 Å². The van der Waals surface area contributed by atoms with E-state index in [-0.39, 0.29) is 0 Å². The Hall–Kier alpha value is -3.66. The number of benzene rings is 2. The highest BCUT2D eigenvalue weighted by atomic mass is 32.2. The van der Waals surface area contributed by atoms with Gasteiger partial charge in [-0.2, -0.15) is 0 Å². The average Bonchev–Trinajstić information content (AvgIpc) is 3.28. The predicted molar refractivity (Wildman–Crippen MR) is 125 cm³/mol. The maximum atomic E-state index is 6.13. The molecule has 0 spiro atoms. The van der Waals surface area contributed by atoms with Gasteiger partial charge in [0.2, 0.25) is 17.3 Å². The number of aryl methyl sites for hydroxylation is 2. The Balaban J connectivity index is 1.61. The first-order valence-corrected chi connectivity index (χ1v) is 11.0. The molecule has 0 radical (unpaired) electrons. The highest BCUT2D eigenvalue weighted by molar-refractivity contribution is 7.99. The molecule has 0 bridgehead atoms. The van der Waals surface area contributed by atoms with Gasteiger partial charge in [-0.1, -0.05) is 16.0 Å². The number of hydrogen-bond donors (Lipinski definition) is 2. The number of methoxy groups -OCH3 is 4. The molecular weight excluding hydrogens is 442 g/mol. The number of imidazole rings is 1. The molecule has 3 N–H and O–H groups in total. The summed E-state index contributed by atoms with van der Waals surface area (Å²) in [5.74, 6) is 3.26. The fraction of sp³-hybridized carbons (Fsp3) is 0.261. The van der Waals surface area contributed by atoms with Gasteiger partial charge in [-0.15, -0.1) is 0 Å². The van der Waals surface area contributed by atoms with Gasteiger partial charge in [0.15, 0.2) is 17.0 Å². The Morgan fingerprint density at radius 1 is 0.939 bits per heavy atom. The molecule has 0 aliphatic heterocycles. The third kappa shape index (κ3) is 4.75. The minimum absolute atomic E-state index is 0.393. The van der Waals surface area contributed by atoms with Crippen molar-refractivity contribution in [1.82, 2.24) is 15.0 Å². The normalized spacial score (nSPS) is 10.9. The molecule has 0 aliphatic carbocycles. The van der Waals surface area contributed by atoms with Gasteiger partial charge in [-0.3, -0.25) is 0 Å². The molecule has 33 heavy (non-hydrogen) atoms. The van der Waals surface area contributed by atoms with Gasteiger partial charge < -0.3 is 29.7 Å². The molecule has 0 atom stereocenters. The number of nitrogens with two attached hydrogens (primary N) is 1. The zero-order valence-electron chi connectivity index (χ0n) is 18.9. The molecule has 2 aromatic carbocycles. The third-order valence-corrected chi connectivity index (χ3v) is 6.12. The van der Waals surface area contributed by atoms with Crippen LogP contribution in [0.5, 0.6) is 23.0 Å². The molecule has 4 aromatic rings. The molecule has 9 nitrogen and oxygen atoms in total. The lowest BCUT2D eigenvalue weighted by atomic mass is 10.1. The van der Waals surface area contributed by atoms with Crippen molar-refractivity contribution >= 4 is 28.7 Å². The molecule has 0 fully saturated rings. The summed E-state index contributed by atoms with van der Waals surface area (Å²) in [5, 5.41) is 0.677. The van der Waals surface area contributed by atoms with Crippen LogP contribution in [0.1, 0.15) is 5.56 Å². The van der Waals surface area contributed by atoms with E-state index in [2.05, 4.69) is 9.97 Å². The van der Waals surface area contributed by atoms with Crippen LogP contribution in [0.2, 0.25) is 0 Å². The minimum Gasteiger partial charge on any atom is -0.497 e. The monoisotopic (exact) mass is 468 g/mol. The second-order valence-electron chi connectivity index (χ2n) is 7.12. The summed E-state index contributed by atoms with van der Waals surface area (Å²) >= 11 is 1.44. The highest BCUT2D eigenvalue weighted by Gasteiger charge is 2.20. The van der Waals surface area contributed by atoms with E-state index in [0.717, 1.165) is 34.0 Å². The Labute approximate surface area is 195 Å². The topological polar surface area (TPSA) is 108 Å². The van der Waals surface area contributed by atoms with E-state index >= 15 is 0 Å². The molecule has 0 amide bonds. The summed E-state index contributed by atoms with van der Waals surface area (Å²) in [6.45, 7) is 0.663. The lowest BCUT2D eigenvalue weighted by Gasteiger charge is -2.09. The van der Waals surface area contributed by atoms with Gasteiger partial charge in [-0.05, 0) is 47.7 Å². The van der Waals surface area contributed by atoms with Crippen molar-refractivity contribution in [3.63, 3.8) is 0 Å². The average molecular weight is 469 g/mol. The van der Waals surface area contributed by atoms with E-state index in [1.165, 1.54) is 11.8 Å². The van der Waals surface area contributed by atoms with Crippen molar-refractivity contribution in [2.24, 2.45) is 0 Å². The van der Waals surface area contributed by atoms with Gasteiger partial charge >= 0.3 is 0 Å². The molecule has 10 heteroatoms. The van der Waals surface area contributed by atoms with Crippen LogP contribution in [0.3, 0.4) is 0 Å². The van der Waals surface area contributed by atoms with E-state index in [1.807, 2.05) is 41.0 Å². The third-order valence-electron chi connectivity index (χ3n) is 5.19. The van der Waals surface area contributed by atoms with Crippen molar-refractivity contribution in [2.75, 3.05) is 34.2 Å². The fourth-order valence-electron chi connectivity index (χ4n) is 3.45. The van der Waals surface area contributed by atoms with Crippen LogP contribution in [0, 0.1) is 0 Å². The van der Waals surface area contributed by atoms with Crippen LogP contribution < -0.4 is 29.2 Å². The van der Waals surface area contributed by atoms with Crippen LogP contribution in [0.25, 0.3) is 11.2 Å². The number of H-pyrrole nitrogens is 1. The van der Waals surface area contributed by atoms with Crippen molar-refractivity contribution in [3.8, 4) is 23.0 Å². The first-order chi connectivity index (χ1) is 16.1. The summed E-state index contributed by atoms with van der Waals surface area (Å²) in [5.41, 5.74) is 8.66. The zero-order valence-corrected chi connectivity index (χ0v) is 19.7. The molecule has 0 aliphatic rings. The SMILES string of the molecule is COc1ccc(OC)c(Sc2nc3c([nH]2)c(N)nc[n+]3CCc2ccc(OC)c(OC)c2)c1. The molecule has 0 unspecified atom stereocenters. The molecule has 0 saturated heterocycles. The molecule has 0 saturated carbocycles. The number of nitrogen functional groups attached to an aromatic ring is 1. The number of fused-ring (bicyclic) bond motifs is 1. The predicted octanol–water partition coefficient (Wildman–Crippen LogP) is 3.26. The minimum atomic E-state index is 0.393. The van der Waals surface area contributed by atoms with E-state index in [0.29, 0.717) is 34.5 Å². The molecular formula is C23H26N5O4S+. The zero-order chi connectivity index (χ0) is 23.4. The van der Waals surface area contributed by atoms with Crippen LogP contribution in [-0.4, -0.2) is 43.4 Å². The van der Waals surface area contributed by atoms with Crippen molar-refractivity contribution in [1.29, 1.82) is 0 Å². The van der Waals surface area contributed by atoms with E-state index in [4.69, 9.17) is 29.7 Å². The lowest BCUT2D eigenvalue weighted by molar-refractivity contribution is -0.675. The van der Waals surface area contributed by atoms with Crippen molar-refractivity contribution in [3.05, 3.63) is 48.3 Å². The van der Waals surface area contributed by atoms with Gasteiger partial charge in [-0.25, -0.2) is 4.57 Å². The number of anilines is 1. The second-order valence-corrected chi connectivity index (χ2v) is 8.15. The molecule has 172 valence electrons. The number of nitrogens with one attached hydrogen (secondary N) is 1. The van der Waals surface area contributed by atoms with E-state index in [1.54, 1.807) is 34.8 Å². The summed E-state index contributed by atoms with van der Waals surface area (Å²) in [7, 11) is 6.52. The van der Waals surface area contributed by atoms with Gasteiger partial charge in [0.05, 0.1) is 39.9 Å². The lowest BCUT2D eigenvalue weighted by Crippen LogP contribution is -2.36. The number of aromatic amines is 1. The van der Waals surface area contributed by atoms with Crippen LogP contribution in [-0.2, 0) is 13.0 Å². The summed E-state index contributed by atoms with van der Waals surface area (Å²) < 4.78 is 23.5. The number of nitrogens with zero attached hydrogens (tertiary/aromatic N) is 3. The fourth-order valence-corrected chi connectivity index (χ4v) is 4.37. The Kier molecular flexibility index (Phi) is 6.74. The maximum absolute atomic E-state index is 6.13.